The number of halogens is 1. The maximum atomic E-state index is 11.4. The van der Waals surface area contributed by atoms with Crippen molar-refractivity contribution in [1.29, 1.82) is 0 Å². The first-order chi connectivity index (χ1) is 8.18. The predicted molar refractivity (Wildman–Crippen MR) is 74.3 cm³/mol. The number of Topliss-reactive ketones (excluding diaryl/α,β-unsaturated/α-hetero) is 1. The van der Waals surface area contributed by atoms with Gasteiger partial charge in [0.25, 0.3) is 0 Å². The number of benzene rings is 1. The van der Waals surface area contributed by atoms with Crippen molar-refractivity contribution >= 4 is 26.2 Å². The molecule has 0 fully saturated rings. The zero-order chi connectivity index (χ0) is 12.5. The second-order valence-electron chi connectivity index (χ2n) is 3.81. The summed E-state index contributed by atoms with van der Waals surface area (Å²) in [5.74, 6) is 0.0813. The molecule has 100 valence electrons. The minimum Gasteiger partial charge on any atom is -0.306 e. The molecule has 0 aliphatic rings. The van der Waals surface area contributed by atoms with Crippen LogP contribution in [0.4, 0.5) is 0 Å². The van der Waals surface area contributed by atoms with E-state index in [1.165, 1.54) is 0 Å². The summed E-state index contributed by atoms with van der Waals surface area (Å²) in [6, 6.07) is 9.85. The first kappa shape index (κ1) is 17.2. The summed E-state index contributed by atoms with van der Waals surface area (Å²) in [6.45, 7) is 0.984. The summed E-state index contributed by atoms with van der Waals surface area (Å²) < 4.78 is 10.4. The van der Waals surface area contributed by atoms with Gasteiger partial charge in [0.2, 0.25) is 0 Å². The summed E-state index contributed by atoms with van der Waals surface area (Å²) in [5.41, 5.74) is 1.14. The highest BCUT2D eigenvalue weighted by atomic mass is 35.5. The molecule has 18 heavy (non-hydrogen) atoms. The van der Waals surface area contributed by atoms with E-state index in [1.807, 2.05) is 30.3 Å². The van der Waals surface area contributed by atoms with Gasteiger partial charge >= 0.3 is 8.03 Å². The highest BCUT2D eigenvalue weighted by Gasteiger charge is 2.10. The molecule has 0 spiro atoms. The van der Waals surface area contributed by atoms with Crippen molar-refractivity contribution < 1.29 is 14.3 Å². The molecule has 0 aliphatic carbocycles. The van der Waals surface area contributed by atoms with Crippen molar-refractivity contribution in [3.8, 4) is 0 Å². The Kier molecular flexibility index (Phi) is 9.70. The molecule has 0 saturated carbocycles. The van der Waals surface area contributed by atoms with Crippen LogP contribution in [0.2, 0.25) is 0 Å². The van der Waals surface area contributed by atoms with Gasteiger partial charge in [-0.25, -0.2) is 0 Å². The van der Waals surface area contributed by atoms with Gasteiger partial charge < -0.3 is 5.32 Å². The van der Waals surface area contributed by atoms with E-state index in [4.69, 9.17) is 4.89 Å². The fourth-order valence-corrected chi connectivity index (χ4v) is 1.87. The minimum absolute atomic E-state index is 0. The van der Waals surface area contributed by atoms with Gasteiger partial charge in [-0.2, -0.15) is 4.89 Å². The van der Waals surface area contributed by atoms with E-state index in [0.29, 0.717) is 25.9 Å². The number of nitrogens with one attached hydrogen (secondary N) is 1. The number of rotatable bonds is 8. The van der Waals surface area contributed by atoms with E-state index in [0.717, 1.165) is 5.56 Å². The molecule has 0 aliphatic heterocycles. The molecule has 0 aromatic heterocycles. The van der Waals surface area contributed by atoms with Crippen LogP contribution >= 0.6 is 20.4 Å². The van der Waals surface area contributed by atoms with Crippen LogP contribution in [0.15, 0.2) is 30.3 Å². The average Bonchev–Trinajstić information content (AvgIpc) is 2.30. The van der Waals surface area contributed by atoms with Crippen LogP contribution in [0, 0.1) is 0 Å². The number of ketones is 1. The Labute approximate surface area is 114 Å². The van der Waals surface area contributed by atoms with Gasteiger partial charge in [0.1, 0.15) is 5.78 Å². The molecule has 0 saturated heterocycles. The second-order valence-corrected chi connectivity index (χ2v) is 4.96. The highest BCUT2D eigenvalue weighted by molar-refractivity contribution is 7.37. The Morgan fingerprint density at radius 2 is 1.94 bits per heavy atom. The molecule has 1 aromatic rings. The quantitative estimate of drug-likeness (QED) is 0.721. The SMILES string of the molecule is Cl.O=C(CCC[P+](=O)O)CNCc1ccccc1. The maximum absolute atomic E-state index is 11.4. The van der Waals surface area contributed by atoms with Crippen LogP contribution < -0.4 is 5.32 Å². The molecule has 1 atom stereocenters. The van der Waals surface area contributed by atoms with Gasteiger partial charge in [0, 0.05) is 19.4 Å². The fourth-order valence-electron chi connectivity index (χ4n) is 1.44. The lowest BCUT2D eigenvalue weighted by Gasteiger charge is -2.03. The number of carbonyl (C=O) groups excluding carboxylic acids is 1. The fraction of sp³-hybridized carbons (Fsp3) is 0.417. The lowest BCUT2D eigenvalue weighted by Crippen LogP contribution is -2.22. The Morgan fingerprint density at radius 3 is 2.56 bits per heavy atom. The monoisotopic (exact) mass is 290 g/mol. The van der Waals surface area contributed by atoms with Gasteiger partial charge in [-0.3, -0.25) is 4.79 Å². The van der Waals surface area contributed by atoms with Crippen molar-refractivity contribution in [1.82, 2.24) is 5.32 Å². The Morgan fingerprint density at radius 1 is 1.28 bits per heavy atom. The van der Waals surface area contributed by atoms with Gasteiger partial charge in [-0.1, -0.05) is 30.3 Å². The maximum Gasteiger partial charge on any atom is 0.505 e. The van der Waals surface area contributed by atoms with E-state index in [-0.39, 0.29) is 24.4 Å². The summed E-state index contributed by atoms with van der Waals surface area (Å²) in [6.07, 6.45) is 1.06. The molecular weight excluding hydrogens is 273 g/mol. The molecule has 1 rings (SSSR count). The second kappa shape index (κ2) is 10.2. The molecular formula is C12H18ClNO3P+. The third kappa shape index (κ3) is 8.31. The Balaban J connectivity index is 0.00000289. The summed E-state index contributed by atoms with van der Waals surface area (Å²) in [7, 11) is -2.10. The standard InChI is InChI=1S/C12H16NO3P.ClH/c14-12(7-4-8-17(15)16)10-13-9-11-5-2-1-3-6-11;/h1-3,5-6,13H,4,7-10H2;1H/p+1. The van der Waals surface area contributed by atoms with Crippen LogP contribution in [0.3, 0.4) is 0 Å². The summed E-state index contributed by atoms with van der Waals surface area (Å²) in [4.78, 5) is 19.9. The van der Waals surface area contributed by atoms with Crippen LogP contribution in [-0.4, -0.2) is 23.4 Å². The topological polar surface area (TPSA) is 66.4 Å². The summed E-state index contributed by atoms with van der Waals surface area (Å²) >= 11 is 0. The molecule has 0 bridgehead atoms. The number of hydrogen-bond acceptors (Lipinski definition) is 3. The van der Waals surface area contributed by atoms with Crippen molar-refractivity contribution in [3.05, 3.63) is 35.9 Å². The smallest absolute Gasteiger partial charge is 0.306 e. The van der Waals surface area contributed by atoms with Crippen molar-refractivity contribution in [2.45, 2.75) is 19.4 Å². The molecule has 0 radical (unpaired) electrons. The van der Waals surface area contributed by atoms with Gasteiger partial charge in [-0.05, 0) is 10.1 Å². The lowest BCUT2D eigenvalue weighted by atomic mass is 10.2. The zero-order valence-electron chi connectivity index (χ0n) is 10.0. The molecule has 2 N–H and O–H groups in total. The van der Waals surface area contributed by atoms with Crippen molar-refractivity contribution in [2.24, 2.45) is 0 Å². The predicted octanol–water partition coefficient (Wildman–Crippen LogP) is 2.28. The van der Waals surface area contributed by atoms with E-state index < -0.39 is 8.03 Å². The molecule has 0 amide bonds. The van der Waals surface area contributed by atoms with Crippen molar-refractivity contribution in [3.63, 3.8) is 0 Å². The average molecular weight is 291 g/mol. The molecule has 4 nitrogen and oxygen atoms in total. The third-order valence-corrected chi connectivity index (χ3v) is 3.00. The van der Waals surface area contributed by atoms with E-state index in [9.17, 15) is 9.36 Å². The largest absolute Gasteiger partial charge is 0.505 e. The van der Waals surface area contributed by atoms with Crippen LogP contribution in [0.25, 0.3) is 0 Å². The molecule has 0 heterocycles. The minimum atomic E-state index is -2.10. The molecule has 1 unspecified atom stereocenters. The van der Waals surface area contributed by atoms with Gasteiger partial charge in [0.15, 0.2) is 6.16 Å². The molecule has 1 aromatic carbocycles. The Hall–Kier alpha value is -0.800. The van der Waals surface area contributed by atoms with Gasteiger partial charge in [-0.15, -0.1) is 12.4 Å². The first-order valence-corrected chi connectivity index (χ1v) is 6.98. The molecule has 6 heteroatoms. The van der Waals surface area contributed by atoms with Crippen LogP contribution in [-0.2, 0) is 15.9 Å². The summed E-state index contributed by atoms with van der Waals surface area (Å²) in [5, 5.41) is 3.05. The number of hydrogen-bond donors (Lipinski definition) is 2. The normalized spacial score (nSPS) is 10.6. The van der Waals surface area contributed by atoms with Crippen LogP contribution in [0.5, 0.6) is 0 Å². The number of carbonyl (C=O) groups is 1. The van der Waals surface area contributed by atoms with E-state index >= 15 is 0 Å². The highest BCUT2D eigenvalue weighted by Crippen LogP contribution is 2.14. The van der Waals surface area contributed by atoms with Crippen LogP contribution in [0.1, 0.15) is 18.4 Å². The van der Waals surface area contributed by atoms with E-state index in [1.54, 1.807) is 0 Å². The zero-order valence-corrected chi connectivity index (χ0v) is 11.8. The lowest BCUT2D eigenvalue weighted by molar-refractivity contribution is -0.118. The Bertz CT molecular complexity index is 373. The van der Waals surface area contributed by atoms with Gasteiger partial charge in [0.05, 0.1) is 6.54 Å². The van der Waals surface area contributed by atoms with E-state index in [2.05, 4.69) is 5.32 Å². The van der Waals surface area contributed by atoms with Crippen molar-refractivity contribution in [2.75, 3.05) is 12.7 Å². The first-order valence-electron chi connectivity index (χ1n) is 5.58. The third-order valence-electron chi connectivity index (χ3n) is 2.30.